The Morgan fingerprint density at radius 2 is 1.82 bits per heavy atom. The first-order valence-corrected chi connectivity index (χ1v) is 9.10. The molecule has 0 saturated heterocycles. The van der Waals surface area contributed by atoms with Crippen LogP contribution < -0.4 is 11.2 Å². The minimum atomic E-state index is -0.439. The molecule has 140 valence electrons. The van der Waals surface area contributed by atoms with Crippen LogP contribution in [0.1, 0.15) is 11.1 Å². The summed E-state index contributed by atoms with van der Waals surface area (Å²) in [5, 5.41) is 0.842. The Labute approximate surface area is 165 Å². The summed E-state index contributed by atoms with van der Waals surface area (Å²) in [6, 6.07) is 14.8. The van der Waals surface area contributed by atoms with Crippen molar-refractivity contribution in [1.82, 2.24) is 19.1 Å². The van der Waals surface area contributed by atoms with Gasteiger partial charge in [0.15, 0.2) is 11.5 Å². The Kier molecular flexibility index (Phi) is 4.57. The largest absolute Gasteiger partial charge is 0.332 e. The van der Waals surface area contributed by atoms with E-state index in [0.29, 0.717) is 21.9 Å². The molecule has 2 aromatic carbocycles. The van der Waals surface area contributed by atoms with Crippen LogP contribution in [0.25, 0.3) is 22.4 Å². The van der Waals surface area contributed by atoms with Gasteiger partial charge in [0.1, 0.15) is 5.39 Å². The second kappa shape index (κ2) is 7.05. The molecule has 0 unspecified atom stereocenters. The summed E-state index contributed by atoms with van der Waals surface area (Å²) in [7, 11) is 1.60. The molecule has 28 heavy (non-hydrogen) atoms. The van der Waals surface area contributed by atoms with Gasteiger partial charge in [-0.15, -0.1) is 0 Å². The van der Waals surface area contributed by atoms with Crippen LogP contribution in [0.2, 0.25) is 5.02 Å². The molecule has 0 amide bonds. The lowest BCUT2D eigenvalue weighted by Crippen LogP contribution is -2.39. The van der Waals surface area contributed by atoms with Crippen LogP contribution in [0.5, 0.6) is 0 Å². The third kappa shape index (κ3) is 3.23. The minimum absolute atomic E-state index is 0.127. The fraction of sp³-hybridized carbons (Fsp3) is 0.143. The molecule has 6 nitrogen and oxygen atoms in total. The van der Waals surface area contributed by atoms with E-state index in [1.54, 1.807) is 25.2 Å². The van der Waals surface area contributed by atoms with Crippen molar-refractivity contribution in [2.24, 2.45) is 7.05 Å². The van der Waals surface area contributed by atoms with Gasteiger partial charge >= 0.3 is 5.69 Å². The van der Waals surface area contributed by atoms with Crippen molar-refractivity contribution in [3.63, 3.8) is 0 Å². The molecule has 0 atom stereocenters. The number of aromatic nitrogens is 4. The second-order valence-corrected chi connectivity index (χ2v) is 7.10. The van der Waals surface area contributed by atoms with E-state index < -0.39 is 11.2 Å². The summed E-state index contributed by atoms with van der Waals surface area (Å²) in [5.41, 5.74) is 2.16. The number of hydrogen-bond donors (Lipinski definition) is 0. The lowest BCUT2D eigenvalue weighted by Gasteiger charge is -2.11. The number of halogens is 1. The first-order valence-electron chi connectivity index (χ1n) is 8.72. The highest BCUT2D eigenvalue weighted by molar-refractivity contribution is 6.30. The van der Waals surface area contributed by atoms with Gasteiger partial charge in [0.05, 0.1) is 6.54 Å². The Morgan fingerprint density at radius 1 is 1.07 bits per heavy atom. The van der Waals surface area contributed by atoms with Crippen molar-refractivity contribution in [3.8, 4) is 11.4 Å². The van der Waals surface area contributed by atoms with Crippen molar-refractivity contribution < 1.29 is 0 Å². The Bertz CT molecular complexity index is 1310. The highest BCUT2D eigenvalue weighted by atomic mass is 35.5. The van der Waals surface area contributed by atoms with Gasteiger partial charge in [0.2, 0.25) is 0 Å². The molecule has 0 spiro atoms. The van der Waals surface area contributed by atoms with Gasteiger partial charge in [-0.25, -0.2) is 14.8 Å². The van der Waals surface area contributed by atoms with Crippen molar-refractivity contribution in [3.05, 3.63) is 91.7 Å². The zero-order valence-electron chi connectivity index (χ0n) is 15.4. The molecular formula is C21H17ClN4O2. The second-order valence-electron chi connectivity index (χ2n) is 6.66. The normalized spacial score (nSPS) is 11.1. The van der Waals surface area contributed by atoms with Crippen LogP contribution in [0.15, 0.2) is 64.3 Å². The molecule has 7 heteroatoms. The van der Waals surface area contributed by atoms with E-state index >= 15 is 0 Å². The number of benzene rings is 2. The lowest BCUT2D eigenvalue weighted by atomic mass is 10.1. The molecule has 0 saturated carbocycles. The van der Waals surface area contributed by atoms with E-state index in [9.17, 15) is 9.59 Å². The zero-order valence-corrected chi connectivity index (χ0v) is 16.1. The van der Waals surface area contributed by atoms with Crippen LogP contribution in [0.4, 0.5) is 0 Å². The molecule has 2 aromatic heterocycles. The lowest BCUT2D eigenvalue weighted by molar-refractivity contribution is 0.656. The van der Waals surface area contributed by atoms with E-state index in [-0.39, 0.29) is 6.54 Å². The highest BCUT2D eigenvalue weighted by Crippen LogP contribution is 2.17. The summed E-state index contributed by atoms with van der Waals surface area (Å²) in [6.45, 7) is 2.12. The predicted molar refractivity (Wildman–Crippen MR) is 110 cm³/mol. The summed E-state index contributed by atoms with van der Waals surface area (Å²) in [6.07, 6.45) is 1.48. The third-order valence-electron chi connectivity index (χ3n) is 4.62. The van der Waals surface area contributed by atoms with Crippen LogP contribution in [0, 0.1) is 6.92 Å². The van der Waals surface area contributed by atoms with E-state index in [4.69, 9.17) is 11.6 Å². The van der Waals surface area contributed by atoms with Crippen molar-refractivity contribution in [1.29, 1.82) is 0 Å². The molecule has 4 aromatic rings. The average molecular weight is 393 g/mol. The summed E-state index contributed by atoms with van der Waals surface area (Å²) in [5.74, 6) is 0.467. The Balaban J connectivity index is 1.87. The van der Waals surface area contributed by atoms with Gasteiger partial charge in [0, 0.05) is 23.8 Å². The average Bonchev–Trinajstić information content (AvgIpc) is 2.70. The molecule has 0 N–H and O–H groups in total. The van der Waals surface area contributed by atoms with Crippen LogP contribution >= 0.6 is 11.6 Å². The van der Waals surface area contributed by atoms with Gasteiger partial charge in [-0.05, 0) is 24.6 Å². The van der Waals surface area contributed by atoms with Crippen molar-refractivity contribution in [2.45, 2.75) is 13.5 Å². The number of aryl methyl sites for hydroxylation is 2. The molecular weight excluding hydrogens is 376 g/mol. The van der Waals surface area contributed by atoms with E-state index in [1.807, 2.05) is 37.3 Å². The fourth-order valence-electron chi connectivity index (χ4n) is 3.08. The highest BCUT2D eigenvalue weighted by Gasteiger charge is 2.14. The van der Waals surface area contributed by atoms with Gasteiger partial charge in [-0.2, -0.15) is 0 Å². The standard InChI is InChI=1S/C21H17ClN4O2/c1-13-6-8-15(9-7-13)18-23-11-17-19(24-18)25(2)21(28)26(20(17)27)12-14-4-3-5-16(22)10-14/h3-11H,12H2,1-2H3. The molecule has 0 aliphatic rings. The molecule has 4 rings (SSSR count). The molecule has 0 aliphatic heterocycles. The number of hydrogen-bond acceptors (Lipinski definition) is 4. The summed E-state index contributed by atoms with van der Waals surface area (Å²) >= 11 is 6.01. The number of rotatable bonds is 3. The van der Waals surface area contributed by atoms with Crippen LogP contribution in [0.3, 0.4) is 0 Å². The van der Waals surface area contributed by atoms with Gasteiger partial charge in [0.25, 0.3) is 5.56 Å². The molecule has 0 fully saturated rings. The van der Waals surface area contributed by atoms with Crippen molar-refractivity contribution >= 4 is 22.6 Å². The van der Waals surface area contributed by atoms with E-state index in [0.717, 1.165) is 16.7 Å². The molecule has 0 aliphatic carbocycles. The first kappa shape index (κ1) is 18.1. The number of fused-ring (bicyclic) bond motifs is 1. The summed E-state index contributed by atoms with van der Waals surface area (Å²) in [4.78, 5) is 34.6. The SMILES string of the molecule is Cc1ccc(-c2ncc3c(=O)n(Cc4cccc(Cl)c4)c(=O)n(C)c3n2)cc1. The maximum absolute atomic E-state index is 12.9. The van der Waals surface area contributed by atoms with Crippen LogP contribution in [-0.4, -0.2) is 19.1 Å². The maximum atomic E-state index is 12.9. The van der Waals surface area contributed by atoms with Crippen molar-refractivity contribution in [2.75, 3.05) is 0 Å². The van der Waals surface area contributed by atoms with E-state index in [1.165, 1.54) is 15.3 Å². The quantitative estimate of drug-likeness (QED) is 0.537. The van der Waals surface area contributed by atoms with Gasteiger partial charge < -0.3 is 0 Å². The minimum Gasteiger partial charge on any atom is -0.280 e. The first-order chi connectivity index (χ1) is 13.4. The molecule has 0 bridgehead atoms. The molecule has 0 radical (unpaired) electrons. The zero-order chi connectivity index (χ0) is 19.8. The maximum Gasteiger partial charge on any atom is 0.332 e. The number of nitrogens with zero attached hydrogens (tertiary/aromatic N) is 4. The van der Waals surface area contributed by atoms with Crippen LogP contribution in [-0.2, 0) is 13.6 Å². The smallest absolute Gasteiger partial charge is 0.280 e. The topological polar surface area (TPSA) is 69.8 Å². The fourth-order valence-corrected chi connectivity index (χ4v) is 3.30. The van der Waals surface area contributed by atoms with Gasteiger partial charge in [-0.1, -0.05) is 53.6 Å². The summed E-state index contributed by atoms with van der Waals surface area (Å²) < 4.78 is 2.55. The third-order valence-corrected chi connectivity index (χ3v) is 4.85. The van der Waals surface area contributed by atoms with Gasteiger partial charge in [-0.3, -0.25) is 13.9 Å². The monoisotopic (exact) mass is 392 g/mol. The van der Waals surface area contributed by atoms with E-state index in [2.05, 4.69) is 9.97 Å². The predicted octanol–water partition coefficient (Wildman–Crippen LogP) is 3.17. The molecule has 2 heterocycles. The Hall–Kier alpha value is -3.25. The Morgan fingerprint density at radius 3 is 2.54 bits per heavy atom.